The Kier molecular flexibility index (Phi) is 7.23. The second-order valence-corrected chi connectivity index (χ2v) is 5.67. The Bertz CT molecular complexity index is 523. The minimum atomic E-state index is -0.612. The summed E-state index contributed by atoms with van der Waals surface area (Å²) in [7, 11) is 1.65. The van der Waals surface area contributed by atoms with Gasteiger partial charge in [-0.2, -0.15) is 0 Å². The van der Waals surface area contributed by atoms with Gasteiger partial charge in [-0.3, -0.25) is 4.90 Å². The fourth-order valence-corrected chi connectivity index (χ4v) is 2.49. The molecule has 0 spiro atoms. The summed E-state index contributed by atoms with van der Waals surface area (Å²) >= 11 is 0. The molecule has 1 unspecified atom stereocenters. The number of morpholine rings is 1. The number of urea groups is 1. The lowest BCUT2D eigenvalue weighted by Gasteiger charge is -2.30. The molecule has 1 fully saturated rings. The summed E-state index contributed by atoms with van der Waals surface area (Å²) in [5.74, 6) is 0.385. The molecule has 1 aromatic rings. The number of β-amino-alcohol motifs (C(OH)–C–C–N with tert-alkyl or cyclic N) is 1. The summed E-state index contributed by atoms with van der Waals surface area (Å²) in [6, 6.07) is 3.14. The average Bonchev–Trinajstić information content (AvgIpc) is 2.57. The van der Waals surface area contributed by atoms with Crippen molar-refractivity contribution >= 4 is 11.7 Å². The van der Waals surface area contributed by atoms with Crippen molar-refractivity contribution in [2.75, 3.05) is 58.4 Å². The van der Waals surface area contributed by atoms with E-state index in [1.807, 2.05) is 6.92 Å². The number of nitrogens with one attached hydrogen (secondary N) is 1. The standard InChI is InChI=1S/C16H26N4O4/c1-3-24-15-14(5-4-6-17-15)18-16(22)19(2)11-13(21)12-20-7-9-23-10-8-20/h4-6,13,21H,3,7-12H2,1-2H3,(H,18,22). The number of carbonyl (C=O) groups excluding carboxylic acids is 1. The number of carbonyl (C=O) groups is 1. The minimum absolute atomic E-state index is 0.243. The predicted octanol–water partition coefficient (Wildman–Crippen LogP) is 0.637. The van der Waals surface area contributed by atoms with Crippen LogP contribution in [0.3, 0.4) is 0 Å². The van der Waals surface area contributed by atoms with Crippen molar-refractivity contribution in [3.05, 3.63) is 18.3 Å². The molecule has 24 heavy (non-hydrogen) atoms. The lowest BCUT2D eigenvalue weighted by Crippen LogP contribution is -2.45. The number of hydrogen-bond acceptors (Lipinski definition) is 6. The van der Waals surface area contributed by atoms with Crippen molar-refractivity contribution in [3.63, 3.8) is 0 Å². The largest absolute Gasteiger partial charge is 0.476 e. The van der Waals surface area contributed by atoms with Crippen molar-refractivity contribution in [1.29, 1.82) is 0 Å². The Hall–Kier alpha value is -1.90. The Balaban J connectivity index is 1.83. The van der Waals surface area contributed by atoms with Crippen molar-refractivity contribution < 1.29 is 19.4 Å². The number of amides is 2. The maximum atomic E-state index is 12.3. The van der Waals surface area contributed by atoms with Crippen molar-refractivity contribution in [3.8, 4) is 5.88 Å². The third-order valence-corrected chi connectivity index (χ3v) is 3.70. The monoisotopic (exact) mass is 338 g/mol. The molecule has 0 aliphatic carbocycles. The van der Waals surface area contributed by atoms with Gasteiger partial charge < -0.3 is 24.8 Å². The zero-order chi connectivity index (χ0) is 17.4. The zero-order valence-corrected chi connectivity index (χ0v) is 14.3. The van der Waals surface area contributed by atoms with E-state index < -0.39 is 6.10 Å². The summed E-state index contributed by atoms with van der Waals surface area (Å²) in [6.07, 6.45) is 0.996. The van der Waals surface area contributed by atoms with Crippen LogP contribution in [0.2, 0.25) is 0 Å². The van der Waals surface area contributed by atoms with Crippen LogP contribution in [-0.2, 0) is 4.74 Å². The molecule has 1 aromatic heterocycles. The summed E-state index contributed by atoms with van der Waals surface area (Å²) in [4.78, 5) is 20.0. The normalized spacial score (nSPS) is 16.5. The molecule has 1 aliphatic rings. The van der Waals surface area contributed by atoms with Crippen LogP contribution in [0.1, 0.15) is 6.92 Å². The molecule has 1 saturated heterocycles. The van der Waals surface area contributed by atoms with Crippen molar-refractivity contribution in [2.45, 2.75) is 13.0 Å². The van der Waals surface area contributed by atoms with E-state index in [4.69, 9.17) is 9.47 Å². The highest BCUT2D eigenvalue weighted by atomic mass is 16.5. The van der Waals surface area contributed by atoms with Gasteiger partial charge in [0.1, 0.15) is 5.69 Å². The van der Waals surface area contributed by atoms with Crippen LogP contribution in [0, 0.1) is 0 Å². The topological polar surface area (TPSA) is 87.2 Å². The van der Waals surface area contributed by atoms with Crippen LogP contribution in [0.5, 0.6) is 5.88 Å². The Morgan fingerprint density at radius 2 is 2.29 bits per heavy atom. The number of ether oxygens (including phenoxy) is 2. The summed E-state index contributed by atoms with van der Waals surface area (Å²) in [5.41, 5.74) is 0.513. The van der Waals surface area contributed by atoms with E-state index in [2.05, 4.69) is 15.2 Å². The van der Waals surface area contributed by atoms with E-state index in [1.54, 1.807) is 25.4 Å². The van der Waals surface area contributed by atoms with Gasteiger partial charge in [-0.25, -0.2) is 9.78 Å². The number of anilines is 1. The number of pyridine rings is 1. The predicted molar refractivity (Wildman–Crippen MR) is 90.3 cm³/mol. The van der Waals surface area contributed by atoms with Crippen LogP contribution in [0.15, 0.2) is 18.3 Å². The van der Waals surface area contributed by atoms with E-state index in [1.165, 1.54) is 4.90 Å². The van der Waals surface area contributed by atoms with E-state index >= 15 is 0 Å². The smallest absolute Gasteiger partial charge is 0.321 e. The molecular formula is C16H26N4O4. The van der Waals surface area contributed by atoms with Crippen LogP contribution < -0.4 is 10.1 Å². The molecule has 134 valence electrons. The van der Waals surface area contributed by atoms with E-state index in [0.29, 0.717) is 37.9 Å². The van der Waals surface area contributed by atoms with Gasteiger partial charge in [-0.1, -0.05) is 0 Å². The summed E-state index contributed by atoms with van der Waals surface area (Å²) in [6.45, 7) is 6.07. The Morgan fingerprint density at radius 1 is 1.54 bits per heavy atom. The third kappa shape index (κ3) is 5.63. The zero-order valence-electron chi connectivity index (χ0n) is 14.3. The van der Waals surface area contributed by atoms with Crippen LogP contribution in [0.4, 0.5) is 10.5 Å². The van der Waals surface area contributed by atoms with E-state index in [0.717, 1.165) is 13.1 Å². The van der Waals surface area contributed by atoms with E-state index in [-0.39, 0.29) is 12.6 Å². The highest BCUT2D eigenvalue weighted by Gasteiger charge is 2.19. The quantitative estimate of drug-likeness (QED) is 0.759. The maximum absolute atomic E-state index is 12.3. The molecule has 2 rings (SSSR count). The van der Waals surface area contributed by atoms with Gasteiger partial charge in [0, 0.05) is 39.4 Å². The highest BCUT2D eigenvalue weighted by Crippen LogP contribution is 2.20. The number of rotatable bonds is 7. The van der Waals surface area contributed by atoms with Gasteiger partial charge >= 0.3 is 6.03 Å². The van der Waals surface area contributed by atoms with Crippen LogP contribution in [-0.4, -0.2) is 85.1 Å². The third-order valence-electron chi connectivity index (χ3n) is 3.70. The number of aromatic nitrogens is 1. The van der Waals surface area contributed by atoms with Gasteiger partial charge in [-0.15, -0.1) is 0 Å². The first kappa shape index (κ1) is 18.4. The molecule has 1 atom stereocenters. The molecule has 2 heterocycles. The molecule has 0 radical (unpaired) electrons. The highest BCUT2D eigenvalue weighted by molar-refractivity contribution is 5.90. The van der Waals surface area contributed by atoms with Crippen LogP contribution >= 0.6 is 0 Å². The Labute approximate surface area is 142 Å². The van der Waals surface area contributed by atoms with E-state index in [9.17, 15) is 9.90 Å². The van der Waals surface area contributed by atoms with Gasteiger partial charge in [0.25, 0.3) is 0 Å². The molecular weight excluding hydrogens is 312 g/mol. The second-order valence-electron chi connectivity index (χ2n) is 5.67. The minimum Gasteiger partial charge on any atom is -0.476 e. The molecule has 8 nitrogen and oxygen atoms in total. The SMILES string of the molecule is CCOc1ncccc1NC(=O)N(C)CC(O)CN1CCOCC1. The van der Waals surface area contributed by atoms with Gasteiger partial charge in [0.05, 0.1) is 25.9 Å². The molecule has 0 aromatic carbocycles. The van der Waals surface area contributed by atoms with Gasteiger partial charge in [-0.05, 0) is 19.1 Å². The lowest BCUT2D eigenvalue weighted by atomic mass is 10.3. The first-order valence-electron chi connectivity index (χ1n) is 8.18. The maximum Gasteiger partial charge on any atom is 0.321 e. The molecule has 2 amide bonds. The number of nitrogens with zero attached hydrogens (tertiary/aromatic N) is 3. The number of aliphatic hydroxyl groups is 1. The van der Waals surface area contributed by atoms with Gasteiger partial charge in [0.15, 0.2) is 0 Å². The first-order chi connectivity index (χ1) is 11.6. The van der Waals surface area contributed by atoms with Crippen molar-refractivity contribution in [2.24, 2.45) is 0 Å². The van der Waals surface area contributed by atoms with Crippen LogP contribution in [0.25, 0.3) is 0 Å². The van der Waals surface area contributed by atoms with Crippen molar-refractivity contribution in [1.82, 2.24) is 14.8 Å². The molecule has 2 N–H and O–H groups in total. The molecule has 0 bridgehead atoms. The number of hydrogen-bond donors (Lipinski definition) is 2. The van der Waals surface area contributed by atoms with Gasteiger partial charge in [0.2, 0.25) is 5.88 Å². The summed E-state index contributed by atoms with van der Waals surface area (Å²) in [5, 5.41) is 12.9. The molecule has 1 aliphatic heterocycles. The number of aliphatic hydroxyl groups excluding tert-OH is 1. The summed E-state index contributed by atoms with van der Waals surface area (Å²) < 4.78 is 10.7. The average molecular weight is 338 g/mol. The Morgan fingerprint density at radius 3 is 3.00 bits per heavy atom. The first-order valence-corrected chi connectivity index (χ1v) is 8.18. The number of likely N-dealkylation sites (N-methyl/N-ethyl adjacent to an activating group) is 1. The lowest BCUT2D eigenvalue weighted by molar-refractivity contribution is 0.0109. The fourth-order valence-electron chi connectivity index (χ4n) is 2.49. The fraction of sp³-hybridized carbons (Fsp3) is 0.625. The molecule has 8 heteroatoms. The molecule has 0 saturated carbocycles. The second kappa shape index (κ2) is 9.41.